The average molecular weight is 405 g/mol. The second-order valence-corrected chi connectivity index (χ2v) is 7.62. The number of carbonyl (C=O) groups is 1. The Morgan fingerprint density at radius 2 is 2.10 bits per heavy atom. The molecule has 3 aromatic heterocycles. The van der Waals surface area contributed by atoms with Gasteiger partial charge in [0.15, 0.2) is 11.5 Å². The molecule has 7 nitrogen and oxygen atoms in total. The van der Waals surface area contributed by atoms with E-state index in [1.807, 2.05) is 24.4 Å². The van der Waals surface area contributed by atoms with Crippen molar-refractivity contribution in [3.05, 3.63) is 71.8 Å². The van der Waals surface area contributed by atoms with Crippen LogP contribution in [0.4, 0.5) is 4.39 Å². The quantitative estimate of drug-likeness (QED) is 0.517. The second kappa shape index (κ2) is 7.37. The van der Waals surface area contributed by atoms with E-state index in [4.69, 9.17) is 4.52 Å². The first kappa shape index (κ1) is 18.5. The standard InChI is InChI=1S/C22H20FN5O2/c1-14-10-19(30-26-14)22(29)27-9-3-5-17(12-27)21-24-20-8-7-16(13-28(20)25-21)15-4-2-6-18(23)11-15/h2,4,6-8,10-11,13,17H,3,5,9,12H2,1H3. The fourth-order valence-electron chi connectivity index (χ4n) is 3.90. The monoisotopic (exact) mass is 405 g/mol. The van der Waals surface area contributed by atoms with Crippen LogP contribution in [-0.4, -0.2) is 43.7 Å². The van der Waals surface area contributed by atoms with Crippen LogP contribution in [0.2, 0.25) is 0 Å². The van der Waals surface area contributed by atoms with Gasteiger partial charge in [-0.2, -0.15) is 5.10 Å². The Morgan fingerprint density at radius 3 is 2.90 bits per heavy atom. The molecule has 1 aliphatic heterocycles. The van der Waals surface area contributed by atoms with Gasteiger partial charge >= 0.3 is 0 Å². The Labute approximate surface area is 172 Å². The highest BCUT2D eigenvalue weighted by Gasteiger charge is 2.29. The first-order chi connectivity index (χ1) is 14.6. The zero-order valence-electron chi connectivity index (χ0n) is 16.5. The van der Waals surface area contributed by atoms with E-state index in [-0.39, 0.29) is 23.4 Å². The lowest BCUT2D eigenvalue weighted by molar-refractivity contribution is 0.0662. The molecule has 0 spiro atoms. The predicted octanol–water partition coefficient (Wildman–Crippen LogP) is 3.85. The van der Waals surface area contributed by atoms with Crippen molar-refractivity contribution in [1.29, 1.82) is 0 Å². The molecular weight excluding hydrogens is 385 g/mol. The smallest absolute Gasteiger partial charge is 0.292 e. The molecule has 8 heteroatoms. The van der Waals surface area contributed by atoms with Gasteiger partial charge in [0, 0.05) is 36.8 Å². The van der Waals surface area contributed by atoms with Gasteiger partial charge in [-0.1, -0.05) is 17.3 Å². The topological polar surface area (TPSA) is 76.5 Å². The number of aromatic nitrogens is 4. The lowest BCUT2D eigenvalue weighted by Gasteiger charge is -2.30. The maximum Gasteiger partial charge on any atom is 0.292 e. The normalized spacial score (nSPS) is 16.9. The van der Waals surface area contributed by atoms with Crippen LogP contribution in [0.15, 0.2) is 53.2 Å². The number of carbonyl (C=O) groups excluding carboxylic acids is 1. The third-order valence-corrected chi connectivity index (χ3v) is 5.42. The molecule has 30 heavy (non-hydrogen) atoms. The van der Waals surface area contributed by atoms with Gasteiger partial charge in [0.1, 0.15) is 5.82 Å². The number of pyridine rings is 1. The molecule has 1 amide bonds. The summed E-state index contributed by atoms with van der Waals surface area (Å²) in [4.78, 5) is 19.1. The van der Waals surface area contributed by atoms with E-state index in [2.05, 4.69) is 15.2 Å². The minimum Gasteiger partial charge on any atom is -0.351 e. The molecule has 1 fully saturated rings. The van der Waals surface area contributed by atoms with E-state index in [0.717, 1.165) is 29.6 Å². The fourth-order valence-corrected chi connectivity index (χ4v) is 3.90. The Hall–Kier alpha value is -3.55. The number of halogens is 1. The SMILES string of the molecule is Cc1cc(C(=O)N2CCCC(c3nc4ccc(-c5cccc(F)c5)cn4n3)C2)on1. The van der Waals surface area contributed by atoms with Gasteiger partial charge in [0.2, 0.25) is 5.76 Å². The number of amides is 1. The summed E-state index contributed by atoms with van der Waals surface area (Å²) in [5.41, 5.74) is 3.05. The molecule has 0 N–H and O–H groups in total. The Bertz CT molecular complexity index is 1230. The molecule has 4 aromatic rings. The maximum atomic E-state index is 13.6. The number of hydrogen-bond donors (Lipinski definition) is 0. The third-order valence-electron chi connectivity index (χ3n) is 5.42. The van der Waals surface area contributed by atoms with Gasteiger partial charge in [0.05, 0.1) is 5.69 Å². The summed E-state index contributed by atoms with van der Waals surface area (Å²) in [7, 11) is 0. The molecule has 0 aliphatic carbocycles. The highest BCUT2D eigenvalue weighted by atomic mass is 19.1. The zero-order chi connectivity index (χ0) is 20.7. The Morgan fingerprint density at radius 1 is 1.20 bits per heavy atom. The highest BCUT2D eigenvalue weighted by Crippen LogP contribution is 2.27. The summed E-state index contributed by atoms with van der Waals surface area (Å²) >= 11 is 0. The van der Waals surface area contributed by atoms with Gasteiger partial charge < -0.3 is 9.42 Å². The molecule has 1 aromatic carbocycles. The van der Waals surface area contributed by atoms with Crippen LogP contribution in [0.5, 0.6) is 0 Å². The van der Waals surface area contributed by atoms with Crippen LogP contribution in [-0.2, 0) is 0 Å². The van der Waals surface area contributed by atoms with E-state index >= 15 is 0 Å². The zero-order valence-corrected chi connectivity index (χ0v) is 16.5. The van der Waals surface area contributed by atoms with E-state index in [9.17, 15) is 9.18 Å². The van der Waals surface area contributed by atoms with E-state index < -0.39 is 0 Å². The molecule has 0 radical (unpaired) electrons. The van der Waals surface area contributed by atoms with Crippen LogP contribution in [0.25, 0.3) is 16.8 Å². The number of aryl methyl sites for hydroxylation is 1. The van der Waals surface area contributed by atoms with E-state index in [1.165, 1.54) is 12.1 Å². The highest BCUT2D eigenvalue weighted by molar-refractivity contribution is 5.91. The number of nitrogens with zero attached hydrogens (tertiary/aromatic N) is 5. The molecule has 0 bridgehead atoms. The second-order valence-electron chi connectivity index (χ2n) is 7.62. The minimum absolute atomic E-state index is 0.0456. The summed E-state index contributed by atoms with van der Waals surface area (Å²) in [6, 6.07) is 11.9. The third kappa shape index (κ3) is 3.45. The van der Waals surface area contributed by atoms with Crippen LogP contribution >= 0.6 is 0 Å². The van der Waals surface area contributed by atoms with Crippen LogP contribution < -0.4 is 0 Å². The van der Waals surface area contributed by atoms with Crippen molar-refractivity contribution < 1.29 is 13.7 Å². The number of hydrogen-bond acceptors (Lipinski definition) is 5. The molecule has 1 aliphatic rings. The Balaban J connectivity index is 1.39. The minimum atomic E-state index is -0.277. The number of rotatable bonds is 3. The van der Waals surface area contributed by atoms with E-state index in [1.54, 1.807) is 28.5 Å². The van der Waals surface area contributed by atoms with Crippen LogP contribution in [0.1, 0.15) is 40.8 Å². The Kier molecular flexibility index (Phi) is 4.54. The summed E-state index contributed by atoms with van der Waals surface area (Å²) in [5, 5.41) is 8.46. The molecule has 1 unspecified atom stereocenters. The van der Waals surface area contributed by atoms with Crippen molar-refractivity contribution in [2.24, 2.45) is 0 Å². The van der Waals surface area contributed by atoms with Crippen molar-refractivity contribution >= 4 is 11.6 Å². The number of benzene rings is 1. The first-order valence-electron chi connectivity index (χ1n) is 9.92. The molecule has 152 valence electrons. The first-order valence-corrected chi connectivity index (χ1v) is 9.92. The van der Waals surface area contributed by atoms with Gasteiger partial charge in [-0.25, -0.2) is 13.9 Å². The summed E-state index contributed by atoms with van der Waals surface area (Å²) in [6.07, 6.45) is 3.63. The number of piperidine rings is 1. The molecular formula is C22H20FN5O2. The van der Waals surface area contributed by atoms with Gasteiger partial charge in [-0.3, -0.25) is 4.79 Å². The fraction of sp³-hybridized carbons (Fsp3) is 0.273. The average Bonchev–Trinajstić information content (AvgIpc) is 3.39. The summed E-state index contributed by atoms with van der Waals surface area (Å²) in [6.45, 7) is 3.00. The predicted molar refractivity (Wildman–Crippen MR) is 107 cm³/mol. The number of likely N-dealkylation sites (tertiary alicyclic amines) is 1. The van der Waals surface area contributed by atoms with Gasteiger partial charge in [-0.15, -0.1) is 0 Å². The molecule has 1 saturated heterocycles. The van der Waals surface area contributed by atoms with Crippen LogP contribution in [0, 0.1) is 12.7 Å². The molecule has 5 rings (SSSR count). The van der Waals surface area contributed by atoms with Gasteiger partial charge in [-0.05, 0) is 49.6 Å². The summed E-state index contributed by atoms with van der Waals surface area (Å²) < 4.78 is 20.4. The summed E-state index contributed by atoms with van der Waals surface area (Å²) in [5.74, 6) is 0.580. The van der Waals surface area contributed by atoms with E-state index in [0.29, 0.717) is 24.6 Å². The van der Waals surface area contributed by atoms with Gasteiger partial charge in [0.25, 0.3) is 5.91 Å². The molecule has 0 saturated carbocycles. The number of fused-ring (bicyclic) bond motifs is 1. The van der Waals surface area contributed by atoms with Crippen molar-refractivity contribution in [3.8, 4) is 11.1 Å². The molecule has 4 heterocycles. The van der Waals surface area contributed by atoms with Crippen LogP contribution in [0.3, 0.4) is 0 Å². The van der Waals surface area contributed by atoms with Crippen molar-refractivity contribution in [3.63, 3.8) is 0 Å². The maximum absolute atomic E-state index is 13.6. The van der Waals surface area contributed by atoms with Crippen molar-refractivity contribution in [2.45, 2.75) is 25.7 Å². The van der Waals surface area contributed by atoms with Crippen molar-refractivity contribution in [1.82, 2.24) is 24.7 Å². The van der Waals surface area contributed by atoms with Crippen molar-refractivity contribution in [2.75, 3.05) is 13.1 Å². The lowest BCUT2D eigenvalue weighted by atomic mass is 9.97. The lowest BCUT2D eigenvalue weighted by Crippen LogP contribution is -2.39. The molecule has 1 atom stereocenters. The largest absolute Gasteiger partial charge is 0.351 e.